The number of rotatable bonds is 6. The number of amides is 1. The van der Waals surface area contributed by atoms with Gasteiger partial charge in [0.2, 0.25) is 10.0 Å². The molecule has 1 N–H and O–H groups in total. The van der Waals surface area contributed by atoms with Crippen molar-refractivity contribution >= 4 is 21.6 Å². The molecule has 1 aliphatic rings. The van der Waals surface area contributed by atoms with Crippen molar-refractivity contribution in [3.8, 4) is 5.75 Å². The van der Waals surface area contributed by atoms with Crippen LogP contribution in [0, 0.1) is 5.92 Å². The van der Waals surface area contributed by atoms with Crippen LogP contribution in [-0.2, 0) is 10.0 Å². The molecule has 158 valence electrons. The Bertz CT molecular complexity index is 812. The first-order chi connectivity index (χ1) is 13.0. The average Bonchev–Trinajstić information content (AvgIpc) is 2.62. The van der Waals surface area contributed by atoms with E-state index in [1.54, 1.807) is 24.0 Å². The molecule has 0 bridgehead atoms. The maximum atomic E-state index is 13.2. The monoisotopic (exact) mass is 413 g/mol. The van der Waals surface area contributed by atoms with Crippen LogP contribution in [-0.4, -0.2) is 87.9 Å². The molecule has 0 aliphatic carbocycles. The molecule has 0 radical (unpaired) electrons. The zero-order valence-corrected chi connectivity index (χ0v) is 18.2. The molecule has 0 saturated carbocycles. The van der Waals surface area contributed by atoms with E-state index >= 15 is 0 Å². The van der Waals surface area contributed by atoms with Crippen LogP contribution < -0.4 is 9.64 Å². The second-order valence-electron chi connectivity index (χ2n) is 7.71. The van der Waals surface area contributed by atoms with Gasteiger partial charge < -0.3 is 19.6 Å². The molecule has 0 aromatic heterocycles. The smallest absolute Gasteiger partial charge is 0.258 e. The van der Waals surface area contributed by atoms with Crippen molar-refractivity contribution in [2.45, 2.75) is 26.0 Å². The Hall–Kier alpha value is -1.84. The lowest BCUT2D eigenvalue weighted by atomic mass is 9.99. The highest BCUT2D eigenvalue weighted by atomic mass is 32.2. The molecule has 0 saturated heterocycles. The van der Waals surface area contributed by atoms with Gasteiger partial charge >= 0.3 is 0 Å². The number of anilines is 1. The van der Waals surface area contributed by atoms with Crippen LogP contribution in [0.25, 0.3) is 0 Å². The lowest BCUT2D eigenvalue weighted by molar-refractivity contribution is 0.0388. The summed E-state index contributed by atoms with van der Waals surface area (Å²) in [5.74, 6) is 0.0821. The highest BCUT2D eigenvalue weighted by Crippen LogP contribution is 2.36. The molecule has 1 aromatic carbocycles. The van der Waals surface area contributed by atoms with Crippen LogP contribution in [0.15, 0.2) is 18.2 Å². The largest absolute Gasteiger partial charge is 0.486 e. The van der Waals surface area contributed by atoms with Crippen molar-refractivity contribution in [3.63, 3.8) is 0 Å². The minimum absolute atomic E-state index is 0.148. The number of hydrogen-bond acceptors (Lipinski definition) is 6. The minimum atomic E-state index is -3.37. The summed E-state index contributed by atoms with van der Waals surface area (Å²) in [5.41, 5.74) is 1.15. The summed E-state index contributed by atoms with van der Waals surface area (Å²) >= 11 is 0. The average molecular weight is 414 g/mol. The fourth-order valence-corrected chi connectivity index (χ4v) is 3.60. The topological polar surface area (TPSA) is 90.4 Å². The second kappa shape index (κ2) is 8.67. The number of benzene rings is 1. The standard InChI is InChI=1S/C19H31N3O5S/c1-13-10-22(14(2)12-23)19(24)15-8-7-9-16(20(3)4)18(15)27-17(13)11-21(5)28(6,25)26/h7-9,13-14,17,23H,10-12H2,1-6H3/t13-,14+,17-/m1/s1. The zero-order valence-electron chi connectivity index (χ0n) is 17.4. The van der Waals surface area contributed by atoms with Crippen molar-refractivity contribution in [1.82, 2.24) is 9.21 Å². The molecule has 1 heterocycles. The number of carbonyl (C=O) groups is 1. The van der Waals surface area contributed by atoms with Crippen LogP contribution in [0.2, 0.25) is 0 Å². The lowest BCUT2D eigenvalue weighted by Gasteiger charge is -2.38. The molecule has 0 fully saturated rings. The number of ether oxygens (including phenoxy) is 1. The summed E-state index contributed by atoms with van der Waals surface area (Å²) in [6, 6.07) is 4.99. The Kier molecular flexibility index (Phi) is 6.95. The summed E-state index contributed by atoms with van der Waals surface area (Å²) < 4.78 is 31.4. The van der Waals surface area contributed by atoms with E-state index in [0.717, 1.165) is 11.9 Å². The van der Waals surface area contributed by atoms with Crippen molar-refractivity contribution < 1.29 is 23.1 Å². The molecule has 2 rings (SSSR count). The molecule has 1 aliphatic heterocycles. The number of nitrogens with zero attached hydrogens (tertiary/aromatic N) is 3. The van der Waals surface area contributed by atoms with Crippen molar-refractivity contribution in [2.24, 2.45) is 5.92 Å². The van der Waals surface area contributed by atoms with E-state index in [2.05, 4.69) is 0 Å². The third-order valence-electron chi connectivity index (χ3n) is 5.16. The van der Waals surface area contributed by atoms with Crippen LogP contribution in [0.1, 0.15) is 24.2 Å². The highest BCUT2D eigenvalue weighted by Gasteiger charge is 2.35. The molecule has 0 spiro atoms. The molecule has 0 unspecified atom stereocenters. The quantitative estimate of drug-likeness (QED) is 0.744. The minimum Gasteiger partial charge on any atom is -0.486 e. The van der Waals surface area contributed by atoms with Gasteiger partial charge in [0.25, 0.3) is 5.91 Å². The summed E-state index contributed by atoms with van der Waals surface area (Å²) in [5, 5.41) is 9.64. The Morgan fingerprint density at radius 3 is 2.50 bits per heavy atom. The molecule has 3 atom stereocenters. The van der Waals surface area contributed by atoms with Gasteiger partial charge in [-0.3, -0.25) is 4.79 Å². The first-order valence-electron chi connectivity index (χ1n) is 9.27. The zero-order chi connectivity index (χ0) is 21.2. The Labute approximate surface area is 167 Å². The predicted octanol–water partition coefficient (Wildman–Crippen LogP) is 0.864. The van der Waals surface area contributed by atoms with E-state index in [1.807, 2.05) is 32.0 Å². The molecule has 28 heavy (non-hydrogen) atoms. The van der Waals surface area contributed by atoms with Gasteiger partial charge in [0.1, 0.15) is 6.10 Å². The van der Waals surface area contributed by atoms with E-state index in [1.165, 1.54) is 11.4 Å². The van der Waals surface area contributed by atoms with Crippen LogP contribution >= 0.6 is 0 Å². The first kappa shape index (κ1) is 22.4. The van der Waals surface area contributed by atoms with Gasteiger partial charge in [-0.1, -0.05) is 13.0 Å². The van der Waals surface area contributed by atoms with E-state index in [4.69, 9.17) is 4.74 Å². The van der Waals surface area contributed by atoms with Gasteiger partial charge in [-0.15, -0.1) is 0 Å². The highest BCUT2D eigenvalue weighted by molar-refractivity contribution is 7.88. The van der Waals surface area contributed by atoms with E-state index < -0.39 is 16.1 Å². The Balaban J connectivity index is 2.56. The number of carbonyl (C=O) groups excluding carboxylic acids is 1. The van der Waals surface area contributed by atoms with Gasteiger partial charge in [-0.05, 0) is 19.1 Å². The second-order valence-corrected chi connectivity index (χ2v) is 9.80. The molecule has 8 nitrogen and oxygen atoms in total. The lowest BCUT2D eigenvalue weighted by Crippen LogP contribution is -2.50. The molecular formula is C19H31N3O5S. The van der Waals surface area contributed by atoms with E-state index in [0.29, 0.717) is 17.9 Å². The summed E-state index contributed by atoms with van der Waals surface area (Å²) in [6.07, 6.45) is 0.699. The molecule has 9 heteroatoms. The predicted molar refractivity (Wildman–Crippen MR) is 109 cm³/mol. The summed E-state index contributed by atoms with van der Waals surface area (Å²) in [7, 11) is 1.86. The number of likely N-dealkylation sites (N-methyl/N-ethyl adjacent to an activating group) is 1. The first-order valence-corrected chi connectivity index (χ1v) is 11.1. The van der Waals surface area contributed by atoms with Gasteiger partial charge in [0.15, 0.2) is 5.75 Å². The number of para-hydroxylation sites is 1. The number of aliphatic hydroxyl groups is 1. The number of fused-ring (bicyclic) bond motifs is 1. The van der Waals surface area contributed by atoms with Crippen molar-refractivity contribution in [3.05, 3.63) is 23.8 Å². The SMILES string of the molecule is C[C@@H]1CN([C@@H](C)CO)C(=O)c2cccc(N(C)C)c2O[C@@H]1CN(C)S(C)(=O)=O. The Morgan fingerprint density at radius 2 is 1.96 bits per heavy atom. The van der Waals surface area contributed by atoms with E-state index in [9.17, 15) is 18.3 Å². The van der Waals surface area contributed by atoms with Crippen LogP contribution in [0.3, 0.4) is 0 Å². The summed E-state index contributed by atoms with van der Waals surface area (Å²) in [4.78, 5) is 16.7. The molecule has 1 aromatic rings. The van der Waals surface area contributed by atoms with Crippen LogP contribution in [0.4, 0.5) is 5.69 Å². The van der Waals surface area contributed by atoms with E-state index in [-0.39, 0.29) is 31.0 Å². The third kappa shape index (κ3) is 4.76. The van der Waals surface area contributed by atoms with Crippen molar-refractivity contribution in [1.29, 1.82) is 0 Å². The molecular weight excluding hydrogens is 382 g/mol. The maximum absolute atomic E-state index is 13.2. The Morgan fingerprint density at radius 1 is 1.32 bits per heavy atom. The van der Waals surface area contributed by atoms with Gasteiger partial charge in [0.05, 0.1) is 36.7 Å². The third-order valence-corrected chi connectivity index (χ3v) is 6.44. The van der Waals surface area contributed by atoms with Gasteiger partial charge in [-0.2, -0.15) is 0 Å². The van der Waals surface area contributed by atoms with Gasteiger partial charge in [-0.25, -0.2) is 12.7 Å². The molecule has 1 amide bonds. The fourth-order valence-electron chi connectivity index (χ4n) is 3.19. The number of sulfonamides is 1. The number of aliphatic hydroxyl groups excluding tert-OH is 1. The summed E-state index contributed by atoms with van der Waals surface area (Å²) in [6.45, 7) is 4.08. The van der Waals surface area contributed by atoms with Crippen molar-refractivity contribution in [2.75, 3.05) is 52.0 Å². The van der Waals surface area contributed by atoms with Crippen LogP contribution in [0.5, 0.6) is 5.75 Å². The van der Waals surface area contributed by atoms with Gasteiger partial charge in [0, 0.05) is 33.6 Å². The normalized spacial score (nSPS) is 21.6. The number of hydrogen-bond donors (Lipinski definition) is 1. The fraction of sp³-hybridized carbons (Fsp3) is 0.632. The maximum Gasteiger partial charge on any atom is 0.258 e.